The summed E-state index contributed by atoms with van der Waals surface area (Å²) in [5, 5.41) is 10.2. The van der Waals surface area contributed by atoms with E-state index in [2.05, 4.69) is 0 Å². The summed E-state index contributed by atoms with van der Waals surface area (Å²) >= 11 is 11.9. The predicted octanol–water partition coefficient (Wildman–Crippen LogP) is 2.15. The molecule has 1 aromatic rings. The molecule has 2 rings (SSSR count). The van der Waals surface area contributed by atoms with Gasteiger partial charge in [0.25, 0.3) is 0 Å². The number of benzene rings is 1. The number of aliphatic hydroxyl groups is 1. The zero-order chi connectivity index (χ0) is 14.5. The lowest BCUT2D eigenvalue weighted by atomic mass is 10.1. The van der Waals surface area contributed by atoms with Crippen molar-refractivity contribution in [2.24, 2.45) is 0 Å². The van der Waals surface area contributed by atoms with Crippen molar-refractivity contribution in [2.75, 3.05) is 26.3 Å². The molecule has 1 aliphatic heterocycles. The van der Waals surface area contributed by atoms with Gasteiger partial charge in [0.15, 0.2) is 0 Å². The number of hydrogen-bond acceptors (Lipinski definition) is 3. The quantitative estimate of drug-likeness (QED) is 0.925. The Kier molecular flexibility index (Phi) is 5.66. The van der Waals surface area contributed by atoms with Crippen LogP contribution in [0.3, 0.4) is 0 Å². The molecule has 1 atom stereocenters. The average molecular weight is 318 g/mol. The molecule has 1 aliphatic rings. The minimum Gasteiger partial charge on any atom is -0.394 e. The maximum Gasteiger partial charge on any atom is 0.223 e. The number of rotatable bonds is 4. The maximum atomic E-state index is 12.1. The van der Waals surface area contributed by atoms with Crippen LogP contribution in [0.2, 0.25) is 10.0 Å². The lowest BCUT2D eigenvalue weighted by Crippen LogP contribution is -2.46. The van der Waals surface area contributed by atoms with Gasteiger partial charge in [0.1, 0.15) is 0 Å². The Morgan fingerprint density at radius 2 is 2.25 bits per heavy atom. The first-order valence-corrected chi connectivity index (χ1v) is 7.30. The van der Waals surface area contributed by atoms with E-state index in [0.717, 1.165) is 5.56 Å². The van der Waals surface area contributed by atoms with Gasteiger partial charge in [0.05, 0.1) is 19.3 Å². The van der Waals surface area contributed by atoms with Gasteiger partial charge < -0.3 is 14.7 Å². The Morgan fingerprint density at radius 3 is 2.95 bits per heavy atom. The molecule has 0 aliphatic carbocycles. The molecule has 0 radical (unpaired) electrons. The van der Waals surface area contributed by atoms with Crippen molar-refractivity contribution in [3.05, 3.63) is 33.8 Å². The van der Waals surface area contributed by atoms with Gasteiger partial charge in [0.2, 0.25) is 5.91 Å². The fourth-order valence-corrected chi connectivity index (χ4v) is 2.68. The van der Waals surface area contributed by atoms with Crippen LogP contribution in [0.15, 0.2) is 18.2 Å². The Bertz CT molecular complexity index is 481. The summed E-state index contributed by atoms with van der Waals surface area (Å²) in [5.74, 6) is 0.0535. The number of ether oxygens (including phenoxy) is 1. The molecule has 0 saturated carbocycles. The van der Waals surface area contributed by atoms with Crippen LogP contribution in [0.25, 0.3) is 0 Å². The SMILES string of the molecule is O=C(CCc1ccc(Cl)cc1Cl)N1CCOC(CO)C1. The van der Waals surface area contributed by atoms with E-state index in [1.807, 2.05) is 6.07 Å². The smallest absolute Gasteiger partial charge is 0.223 e. The summed E-state index contributed by atoms with van der Waals surface area (Å²) in [6.07, 6.45) is 0.696. The molecule has 1 amide bonds. The van der Waals surface area contributed by atoms with Crippen LogP contribution in [0, 0.1) is 0 Å². The number of carbonyl (C=O) groups excluding carboxylic acids is 1. The predicted molar refractivity (Wildman–Crippen MR) is 78.2 cm³/mol. The number of aryl methyl sites for hydroxylation is 1. The monoisotopic (exact) mass is 317 g/mol. The third-order valence-electron chi connectivity index (χ3n) is 3.32. The Labute approximate surface area is 128 Å². The van der Waals surface area contributed by atoms with Gasteiger partial charge in [-0.05, 0) is 24.1 Å². The highest BCUT2D eigenvalue weighted by Gasteiger charge is 2.23. The largest absolute Gasteiger partial charge is 0.394 e. The molecule has 1 fully saturated rings. The normalized spacial score (nSPS) is 19.1. The first kappa shape index (κ1) is 15.6. The van der Waals surface area contributed by atoms with Crippen molar-refractivity contribution in [1.82, 2.24) is 4.90 Å². The highest BCUT2D eigenvalue weighted by Crippen LogP contribution is 2.22. The molecule has 110 valence electrons. The number of aliphatic hydroxyl groups excluding tert-OH is 1. The van der Waals surface area contributed by atoms with Gasteiger partial charge >= 0.3 is 0 Å². The van der Waals surface area contributed by atoms with Crippen LogP contribution in [0.1, 0.15) is 12.0 Å². The molecule has 1 heterocycles. The van der Waals surface area contributed by atoms with Crippen molar-refractivity contribution in [1.29, 1.82) is 0 Å². The summed E-state index contributed by atoms with van der Waals surface area (Å²) in [6.45, 7) is 1.43. The van der Waals surface area contributed by atoms with Crippen LogP contribution in [0.5, 0.6) is 0 Å². The summed E-state index contributed by atoms with van der Waals surface area (Å²) < 4.78 is 5.32. The molecule has 1 N–H and O–H groups in total. The lowest BCUT2D eigenvalue weighted by molar-refractivity contribution is -0.140. The van der Waals surface area contributed by atoms with Crippen molar-refractivity contribution in [3.63, 3.8) is 0 Å². The van der Waals surface area contributed by atoms with E-state index < -0.39 is 0 Å². The van der Waals surface area contributed by atoms with Crippen LogP contribution < -0.4 is 0 Å². The topological polar surface area (TPSA) is 49.8 Å². The minimum atomic E-state index is -0.271. The number of hydrogen-bond donors (Lipinski definition) is 1. The Balaban J connectivity index is 1.88. The number of amides is 1. The molecular weight excluding hydrogens is 301 g/mol. The van der Waals surface area contributed by atoms with Crippen LogP contribution >= 0.6 is 23.2 Å². The average Bonchev–Trinajstić information content (AvgIpc) is 2.46. The lowest BCUT2D eigenvalue weighted by Gasteiger charge is -2.32. The molecule has 0 aromatic heterocycles. The fraction of sp³-hybridized carbons (Fsp3) is 0.500. The van der Waals surface area contributed by atoms with Crippen LogP contribution in [0.4, 0.5) is 0 Å². The standard InChI is InChI=1S/C14H17Cl2NO3/c15-11-3-1-10(13(16)7-11)2-4-14(19)17-5-6-20-12(8-17)9-18/h1,3,7,12,18H,2,4-6,8-9H2. The molecule has 20 heavy (non-hydrogen) atoms. The van der Waals surface area contributed by atoms with E-state index >= 15 is 0 Å². The zero-order valence-corrected chi connectivity index (χ0v) is 12.5. The third-order valence-corrected chi connectivity index (χ3v) is 3.91. The zero-order valence-electron chi connectivity index (χ0n) is 11.0. The second kappa shape index (κ2) is 7.27. The molecule has 1 aromatic carbocycles. The van der Waals surface area contributed by atoms with Gasteiger partial charge in [-0.25, -0.2) is 0 Å². The molecule has 6 heteroatoms. The first-order chi connectivity index (χ1) is 9.60. The maximum absolute atomic E-state index is 12.1. The second-order valence-electron chi connectivity index (χ2n) is 4.75. The van der Waals surface area contributed by atoms with Crippen molar-refractivity contribution in [3.8, 4) is 0 Å². The highest BCUT2D eigenvalue weighted by atomic mass is 35.5. The number of halogens is 2. The molecule has 1 unspecified atom stereocenters. The third kappa shape index (κ3) is 4.09. The summed E-state index contributed by atoms with van der Waals surface area (Å²) in [4.78, 5) is 13.9. The van der Waals surface area contributed by atoms with Crippen LogP contribution in [-0.4, -0.2) is 48.3 Å². The van der Waals surface area contributed by atoms with Crippen molar-refractivity contribution in [2.45, 2.75) is 18.9 Å². The molecule has 4 nitrogen and oxygen atoms in total. The van der Waals surface area contributed by atoms with E-state index in [1.54, 1.807) is 17.0 Å². The van der Waals surface area contributed by atoms with Gasteiger partial charge in [-0.2, -0.15) is 0 Å². The molecule has 0 bridgehead atoms. The number of morpholine rings is 1. The van der Waals surface area contributed by atoms with Gasteiger partial charge in [0, 0.05) is 29.6 Å². The summed E-state index contributed by atoms with van der Waals surface area (Å²) in [7, 11) is 0. The van der Waals surface area contributed by atoms with Crippen LogP contribution in [-0.2, 0) is 16.0 Å². The van der Waals surface area contributed by atoms with Gasteiger partial charge in [-0.3, -0.25) is 4.79 Å². The molecule has 1 saturated heterocycles. The van der Waals surface area contributed by atoms with Crippen molar-refractivity contribution >= 4 is 29.1 Å². The van der Waals surface area contributed by atoms with E-state index in [1.165, 1.54) is 0 Å². The van der Waals surface area contributed by atoms with E-state index in [-0.39, 0.29) is 18.6 Å². The molecule has 0 spiro atoms. The minimum absolute atomic E-state index is 0.0535. The van der Waals surface area contributed by atoms with Gasteiger partial charge in [-0.15, -0.1) is 0 Å². The number of carbonyl (C=O) groups is 1. The Morgan fingerprint density at radius 1 is 1.45 bits per heavy atom. The van der Waals surface area contributed by atoms with E-state index in [4.69, 9.17) is 33.0 Å². The van der Waals surface area contributed by atoms with Gasteiger partial charge in [-0.1, -0.05) is 29.3 Å². The summed E-state index contributed by atoms with van der Waals surface area (Å²) in [5.41, 5.74) is 0.913. The number of nitrogens with zero attached hydrogens (tertiary/aromatic N) is 1. The second-order valence-corrected chi connectivity index (χ2v) is 5.59. The first-order valence-electron chi connectivity index (χ1n) is 6.54. The Hall–Kier alpha value is -0.810. The van der Waals surface area contributed by atoms with E-state index in [0.29, 0.717) is 42.6 Å². The highest BCUT2D eigenvalue weighted by molar-refractivity contribution is 6.35. The fourth-order valence-electron chi connectivity index (χ4n) is 2.18. The summed E-state index contributed by atoms with van der Waals surface area (Å²) in [6, 6.07) is 5.29. The van der Waals surface area contributed by atoms with E-state index in [9.17, 15) is 4.79 Å². The van der Waals surface area contributed by atoms with Crippen molar-refractivity contribution < 1.29 is 14.6 Å². The molecular formula is C14H17Cl2NO3.